The highest BCUT2D eigenvalue weighted by molar-refractivity contribution is 5.77. The molecule has 1 heterocycles. The molecule has 1 aliphatic rings. The molecule has 0 bridgehead atoms. The monoisotopic (exact) mass is 331 g/mol. The van der Waals surface area contributed by atoms with Gasteiger partial charge in [0.25, 0.3) is 5.91 Å². The van der Waals surface area contributed by atoms with Crippen molar-refractivity contribution in [2.24, 2.45) is 0 Å². The lowest BCUT2D eigenvalue weighted by atomic mass is 10.2. The summed E-state index contributed by atoms with van der Waals surface area (Å²) in [6, 6.07) is 11.5. The molecule has 126 valence electrons. The number of carbonyl (C=O) groups excluding carboxylic acids is 1. The Kier molecular flexibility index (Phi) is 5.15. The molecule has 0 saturated heterocycles. The minimum atomic E-state index is -0.492. The molecular formula is C18H18FNO4. The molecule has 0 atom stereocenters. The van der Waals surface area contributed by atoms with Gasteiger partial charge < -0.3 is 19.5 Å². The van der Waals surface area contributed by atoms with Gasteiger partial charge in [0.15, 0.2) is 29.7 Å². The smallest absolute Gasteiger partial charge is 0.258 e. The summed E-state index contributed by atoms with van der Waals surface area (Å²) in [5.74, 6) is 0.633. The predicted molar refractivity (Wildman–Crippen MR) is 85.8 cm³/mol. The molecule has 1 N–H and O–H groups in total. The van der Waals surface area contributed by atoms with Crippen molar-refractivity contribution in [1.29, 1.82) is 0 Å². The Hall–Kier alpha value is -2.76. The molecule has 24 heavy (non-hydrogen) atoms. The van der Waals surface area contributed by atoms with Crippen LogP contribution in [0.2, 0.25) is 0 Å². The molecular weight excluding hydrogens is 313 g/mol. The van der Waals surface area contributed by atoms with E-state index < -0.39 is 5.82 Å². The minimum Gasteiger partial charge on any atom is -0.490 e. The van der Waals surface area contributed by atoms with Crippen LogP contribution in [0.5, 0.6) is 17.2 Å². The highest BCUT2D eigenvalue weighted by Crippen LogP contribution is 2.30. The van der Waals surface area contributed by atoms with Gasteiger partial charge in [-0.15, -0.1) is 0 Å². The normalized spacial score (nSPS) is 13.0. The van der Waals surface area contributed by atoms with E-state index in [4.69, 9.17) is 14.2 Å². The fourth-order valence-corrected chi connectivity index (χ4v) is 2.27. The van der Waals surface area contributed by atoms with E-state index in [0.29, 0.717) is 31.3 Å². The van der Waals surface area contributed by atoms with E-state index in [1.165, 1.54) is 12.1 Å². The molecule has 0 aromatic heterocycles. The Bertz CT molecular complexity index is 720. The largest absolute Gasteiger partial charge is 0.490 e. The fraction of sp³-hybridized carbons (Fsp3) is 0.278. The van der Waals surface area contributed by atoms with Crippen LogP contribution in [-0.4, -0.2) is 25.7 Å². The Morgan fingerprint density at radius 2 is 1.92 bits per heavy atom. The summed E-state index contributed by atoms with van der Waals surface area (Å²) in [6.45, 7) is 1.33. The molecule has 0 fully saturated rings. The van der Waals surface area contributed by atoms with Crippen molar-refractivity contribution >= 4 is 5.91 Å². The first-order valence-electron chi connectivity index (χ1n) is 7.75. The topological polar surface area (TPSA) is 56.8 Å². The first-order chi connectivity index (χ1) is 11.7. The van der Waals surface area contributed by atoms with Gasteiger partial charge in [0.1, 0.15) is 0 Å². The van der Waals surface area contributed by atoms with E-state index in [-0.39, 0.29) is 18.3 Å². The van der Waals surface area contributed by atoms with Gasteiger partial charge in [0.2, 0.25) is 0 Å². The molecule has 0 spiro atoms. The van der Waals surface area contributed by atoms with Crippen molar-refractivity contribution in [2.75, 3.05) is 19.8 Å². The molecule has 0 aliphatic carbocycles. The number of hydrogen-bond donors (Lipinski definition) is 1. The summed E-state index contributed by atoms with van der Waals surface area (Å²) >= 11 is 0. The van der Waals surface area contributed by atoms with Gasteiger partial charge >= 0.3 is 0 Å². The molecule has 1 amide bonds. The number of hydrogen-bond acceptors (Lipinski definition) is 4. The first-order valence-corrected chi connectivity index (χ1v) is 7.75. The van der Waals surface area contributed by atoms with Crippen molar-refractivity contribution in [2.45, 2.75) is 13.0 Å². The van der Waals surface area contributed by atoms with E-state index in [1.807, 2.05) is 18.2 Å². The summed E-state index contributed by atoms with van der Waals surface area (Å²) < 4.78 is 29.7. The van der Waals surface area contributed by atoms with Crippen molar-refractivity contribution in [3.05, 3.63) is 53.8 Å². The second kappa shape index (κ2) is 7.68. The number of benzene rings is 2. The molecule has 2 aromatic carbocycles. The van der Waals surface area contributed by atoms with Crippen LogP contribution in [-0.2, 0) is 11.3 Å². The number of rotatable bonds is 5. The van der Waals surface area contributed by atoms with Crippen LogP contribution in [0, 0.1) is 5.82 Å². The highest BCUT2D eigenvalue weighted by Gasteiger charge is 2.11. The van der Waals surface area contributed by atoms with E-state index >= 15 is 0 Å². The molecule has 0 saturated carbocycles. The van der Waals surface area contributed by atoms with Gasteiger partial charge in [0, 0.05) is 13.0 Å². The zero-order valence-corrected chi connectivity index (χ0v) is 13.1. The fourth-order valence-electron chi connectivity index (χ4n) is 2.27. The third-order valence-corrected chi connectivity index (χ3v) is 3.50. The lowest BCUT2D eigenvalue weighted by molar-refractivity contribution is -0.123. The number of halogens is 1. The average molecular weight is 331 g/mol. The van der Waals surface area contributed by atoms with Gasteiger partial charge in [0.05, 0.1) is 13.2 Å². The number of amides is 1. The Morgan fingerprint density at radius 1 is 1.12 bits per heavy atom. The predicted octanol–water partition coefficient (Wildman–Crippen LogP) is 2.68. The van der Waals surface area contributed by atoms with Crippen LogP contribution in [0.25, 0.3) is 0 Å². The maximum absolute atomic E-state index is 13.4. The lowest BCUT2D eigenvalue weighted by Crippen LogP contribution is -2.28. The zero-order valence-electron chi connectivity index (χ0n) is 13.1. The molecule has 6 heteroatoms. The van der Waals surface area contributed by atoms with Gasteiger partial charge in [-0.1, -0.05) is 18.2 Å². The van der Waals surface area contributed by atoms with Crippen LogP contribution >= 0.6 is 0 Å². The lowest BCUT2D eigenvalue weighted by Gasteiger charge is -2.11. The number of carbonyl (C=O) groups is 1. The first kappa shape index (κ1) is 16.1. The zero-order chi connectivity index (χ0) is 16.8. The second-order valence-corrected chi connectivity index (χ2v) is 5.33. The Balaban J connectivity index is 1.51. The summed E-state index contributed by atoms with van der Waals surface area (Å²) in [4.78, 5) is 11.8. The maximum Gasteiger partial charge on any atom is 0.258 e. The van der Waals surface area contributed by atoms with E-state index in [1.54, 1.807) is 12.1 Å². The quantitative estimate of drug-likeness (QED) is 0.915. The number of para-hydroxylation sites is 1. The molecule has 5 nitrogen and oxygen atoms in total. The molecule has 2 aromatic rings. The standard InChI is InChI=1S/C18H18FNO4/c19-14-4-1-2-5-15(14)24-12-18(21)20-11-13-6-7-16-17(10-13)23-9-3-8-22-16/h1-2,4-7,10H,3,8-9,11-12H2,(H,20,21). The van der Waals surface area contributed by atoms with Gasteiger partial charge in [-0.2, -0.15) is 0 Å². The number of nitrogens with one attached hydrogen (secondary N) is 1. The second-order valence-electron chi connectivity index (χ2n) is 5.33. The van der Waals surface area contributed by atoms with E-state index in [9.17, 15) is 9.18 Å². The van der Waals surface area contributed by atoms with Crippen molar-refractivity contribution in [3.63, 3.8) is 0 Å². The van der Waals surface area contributed by atoms with Crippen LogP contribution in [0.4, 0.5) is 4.39 Å². The SMILES string of the molecule is O=C(COc1ccccc1F)NCc1ccc2c(c1)OCCCO2. The van der Waals surface area contributed by atoms with E-state index in [2.05, 4.69) is 5.32 Å². The summed E-state index contributed by atoms with van der Waals surface area (Å²) in [6.07, 6.45) is 0.841. The van der Waals surface area contributed by atoms with Gasteiger partial charge in [-0.25, -0.2) is 4.39 Å². The van der Waals surface area contributed by atoms with Crippen LogP contribution in [0.1, 0.15) is 12.0 Å². The van der Waals surface area contributed by atoms with Crippen molar-refractivity contribution in [3.8, 4) is 17.2 Å². The molecule has 3 rings (SSSR count). The summed E-state index contributed by atoms with van der Waals surface area (Å²) in [7, 11) is 0. The Morgan fingerprint density at radius 3 is 2.75 bits per heavy atom. The molecule has 0 unspecified atom stereocenters. The van der Waals surface area contributed by atoms with Gasteiger partial charge in [-0.05, 0) is 29.8 Å². The number of ether oxygens (including phenoxy) is 3. The Labute approximate surface area is 139 Å². The van der Waals surface area contributed by atoms with Gasteiger partial charge in [-0.3, -0.25) is 4.79 Å². The average Bonchev–Trinajstić information content (AvgIpc) is 2.84. The van der Waals surface area contributed by atoms with E-state index in [0.717, 1.165) is 12.0 Å². The van der Waals surface area contributed by atoms with Crippen molar-refractivity contribution < 1.29 is 23.4 Å². The molecule has 1 aliphatic heterocycles. The summed E-state index contributed by atoms with van der Waals surface area (Å²) in [5.41, 5.74) is 0.887. The van der Waals surface area contributed by atoms with Crippen LogP contribution in [0.15, 0.2) is 42.5 Å². The maximum atomic E-state index is 13.4. The van der Waals surface area contributed by atoms with Crippen molar-refractivity contribution in [1.82, 2.24) is 5.32 Å². The summed E-state index contributed by atoms with van der Waals surface area (Å²) in [5, 5.41) is 2.73. The highest BCUT2D eigenvalue weighted by atomic mass is 19.1. The van der Waals surface area contributed by atoms with Crippen LogP contribution in [0.3, 0.4) is 0 Å². The minimum absolute atomic E-state index is 0.0585. The third-order valence-electron chi connectivity index (χ3n) is 3.50. The molecule has 0 radical (unpaired) electrons. The third kappa shape index (κ3) is 4.16. The van der Waals surface area contributed by atoms with Crippen LogP contribution < -0.4 is 19.5 Å². The number of fused-ring (bicyclic) bond motifs is 1.